The Hall–Kier alpha value is -3.74. The van der Waals surface area contributed by atoms with E-state index >= 15 is 0 Å². The SMILES string of the molecule is CCN1CCN(c2cnc3nc(OC)nc(N(C)Cc4cc([N+](=O)[O-])cc(C(F)(F)F)c4)c3c2)CC1. The number of aromatic nitrogens is 3. The molecule has 1 aliphatic heterocycles. The minimum atomic E-state index is -4.72. The molecule has 3 aromatic rings. The Kier molecular flexibility index (Phi) is 7.11. The van der Waals surface area contributed by atoms with Crippen molar-refractivity contribution in [2.75, 3.05) is 56.7 Å². The van der Waals surface area contributed by atoms with E-state index in [2.05, 4.69) is 31.7 Å². The monoisotopic (exact) mass is 505 g/mol. The third-order valence-corrected chi connectivity index (χ3v) is 6.16. The standard InChI is InChI=1S/C23H26F3N7O3/c1-4-31-5-7-32(8-6-31)18-12-19-20(27-13-18)28-22(36-3)29-21(19)30(2)14-15-9-16(23(24,25)26)11-17(10-15)33(34)35/h9-13H,4-8,14H2,1-3H3. The number of fused-ring (bicyclic) bond motifs is 1. The number of benzene rings is 1. The van der Waals surface area contributed by atoms with Gasteiger partial charge in [-0.15, -0.1) is 0 Å². The summed E-state index contributed by atoms with van der Waals surface area (Å²) in [5.74, 6) is 0.387. The van der Waals surface area contributed by atoms with Crippen molar-refractivity contribution in [1.29, 1.82) is 0 Å². The van der Waals surface area contributed by atoms with Crippen molar-refractivity contribution in [1.82, 2.24) is 19.9 Å². The number of halogens is 3. The minimum Gasteiger partial charge on any atom is -0.467 e. The summed E-state index contributed by atoms with van der Waals surface area (Å²) in [6, 6.07) is 4.52. The molecule has 1 fully saturated rings. The second-order valence-corrected chi connectivity index (χ2v) is 8.52. The summed E-state index contributed by atoms with van der Waals surface area (Å²) < 4.78 is 45.3. The molecule has 0 spiro atoms. The highest BCUT2D eigenvalue weighted by molar-refractivity contribution is 5.89. The summed E-state index contributed by atoms with van der Waals surface area (Å²) in [7, 11) is 3.04. The predicted octanol–water partition coefficient (Wildman–Crippen LogP) is 3.74. The topological polar surface area (TPSA) is 101 Å². The predicted molar refractivity (Wildman–Crippen MR) is 128 cm³/mol. The molecule has 3 heterocycles. The van der Waals surface area contributed by atoms with Crippen molar-refractivity contribution in [2.24, 2.45) is 0 Å². The number of pyridine rings is 1. The molecule has 1 aliphatic rings. The van der Waals surface area contributed by atoms with Gasteiger partial charge in [0.05, 0.1) is 34.9 Å². The van der Waals surface area contributed by atoms with Gasteiger partial charge in [0.1, 0.15) is 5.82 Å². The minimum absolute atomic E-state index is 0.0520. The zero-order valence-corrected chi connectivity index (χ0v) is 20.1. The van der Waals surface area contributed by atoms with Crippen LogP contribution in [0.1, 0.15) is 18.1 Å². The van der Waals surface area contributed by atoms with Crippen molar-refractivity contribution in [3.05, 3.63) is 51.7 Å². The number of nitro benzene ring substituents is 1. The van der Waals surface area contributed by atoms with Crippen LogP contribution in [0.25, 0.3) is 11.0 Å². The molecule has 0 atom stereocenters. The van der Waals surface area contributed by atoms with E-state index in [4.69, 9.17) is 4.74 Å². The number of piperazine rings is 1. The lowest BCUT2D eigenvalue weighted by molar-refractivity contribution is -0.385. The quantitative estimate of drug-likeness (QED) is 0.351. The molecule has 0 saturated carbocycles. The lowest BCUT2D eigenvalue weighted by Gasteiger charge is -2.35. The molecular weight excluding hydrogens is 479 g/mol. The summed E-state index contributed by atoms with van der Waals surface area (Å²) in [6.07, 6.45) is -2.99. The molecule has 4 rings (SSSR count). The largest absolute Gasteiger partial charge is 0.467 e. The second-order valence-electron chi connectivity index (χ2n) is 8.52. The van der Waals surface area contributed by atoms with E-state index in [9.17, 15) is 23.3 Å². The number of nitro groups is 1. The van der Waals surface area contributed by atoms with Crippen LogP contribution in [0.5, 0.6) is 6.01 Å². The molecule has 36 heavy (non-hydrogen) atoms. The fraction of sp³-hybridized carbons (Fsp3) is 0.435. The molecule has 0 N–H and O–H groups in total. The normalized spacial score (nSPS) is 14.8. The number of rotatable bonds is 7. The third kappa shape index (κ3) is 5.40. The highest BCUT2D eigenvalue weighted by Gasteiger charge is 2.33. The van der Waals surface area contributed by atoms with Crippen LogP contribution in [0.3, 0.4) is 0 Å². The summed E-state index contributed by atoms with van der Waals surface area (Å²) in [5.41, 5.74) is -0.343. The Morgan fingerprint density at radius 2 is 1.86 bits per heavy atom. The van der Waals surface area contributed by atoms with E-state index < -0.39 is 22.4 Å². The highest BCUT2D eigenvalue weighted by atomic mass is 19.4. The van der Waals surface area contributed by atoms with Gasteiger partial charge in [0.15, 0.2) is 5.65 Å². The average molecular weight is 506 g/mol. The molecule has 10 nitrogen and oxygen atoms in total. The fourth-order valence-corrected chi connectivity index (χ4v) is 4.23. The molecule has 1 aromatic carbocycles. The molecule has 0 bridgehead atoms. The zero-order chi connectivity index (χ0) is 26.0. The summed E-state index contributed by atoms with van der Waals surface area (Å²) >= 11 is 0. The van der Waals surface area contributed by atoms with Crippen molar-refractivity contribution in [2.45, 2.75) is 19.6 Å². The van der Waals surface area contributed by atoms with E-state index in [-0.39, 0.29) is 18.1 Å². The number of methoxy groups -OCH3 is 1. The first-order valence-corrected chi connectivity index (χ1v) is 11.3. The Morgan fingerprint density at radius 3 is 2.47 bits per heavy atom. The van der Waals surface area contributed by atoms with Gasteiger partial charge in [-0.3, -0.25) is 10.1 Å². The average Bonchev–Trinajstić information content (AvgIpc) is 2.87. The second kappa shape index (κ2) is 10.1. The summed E-state index contributed by atoms with van der Waals surface area (Å²) in [4.78, 5) is 29.8. The number of nitrogens with zero attached hydrogens (tertiary/aromatic N) is 7. The Morgan fingerprint density at radius 1 is 1.14 bits per heavy atom. The number of hydrogen-bond acceptors (Lipinski definition) is 9. The summed E-state index contributed by atoms with van der Waals surface area (Å²) in [5, 5.41) is 11.8. The van der Waals surface area contributed by atoms with Gasteiger partial charge in [-0.05, 0) is 24.2 Å². The lowest BCUT2D eigenvalue weighted by atomic mass is 10.1. The van der Waals surface area contributed by atoms with Crippen LogP contribution in [-0.2, 0) is 12.7 Å². The first-order chi connectivity index (χ1) is 17.1. The van der Waals surface area contributed by atoms with Crippen molar-refractivity contribution >= 4 is 28.2 Å². The van der Waals surface area contributed by atoms with E-state index in [0.29, 0.717) is 22.9 Å². The Bertz CT molecular complexity index is 1260. The number of anilines is 2. The van der Waals surface area contributed by atoms with Crippen LogP contribution in [0.4, 0.5) is 30.4 Å². The highest BCUT2D eigenvalue weighted by Crippen LogP contribution is 2.34. The van der Waals surface area contributed by atoms with Gasteiger partial charge in [0.25, 0.3) is 5.69 Å². The van der Waals surface area contributed by atoms with Crippen molar-refractivity contribution < 1.29 is 22.8 Å². The van der Waals surface area contributed by atoms with E-state index in [1.165, 1.54) is 7.11 Å². The van der Waals surface area contributed by atoms with Gasteiger partial charge >= 0.3 is 12.2 Å². The molecule has 192 valence electrons. The first-order valence-electron chi connectivity index (χ1n) is 11.3. The third-order valence-electron chi connectivity index (χ3n) is 6.16. The fourth-order valence-electron chi connectivity index (χ4n) is 4.23. The van der Waals surface area contributed by atoms with Crippen LogP contribution in [0.2, 0.25) is 0 Å². The number of alkyl halides is 3. The van der Waals surface area contributed by atoms with Gasteiger partial charge in [-0.1, -0.05) is 6.92 Å². The summed E-state index contributed by atoms with van der Waals surface area (Å²) in [6.45, 7) is 6.55. The molecule has 0 radical (unpaired) electrons. The zero-order valence-electron chi connectivity index (χ0n) is 20.1. The van der Waals surface area contributed by atoms with Crippen LogP contribution in [-0.4, -0.2) is 71.7 Å². The maximum absolute atomic E-state index is 13.4. The Labute approximate surface area is 205 Å². The van der Waals surface area contributed by atoms with Crippen molar-refractivity contribution in [3.63, 3.8) is 0 Å². The molecule has 0 aliphatic carbocycles. The van der Waals surface area contributed by atoms with Gasteiger partial charge in [0.2, 0.25) is 0 Å². The molecular formula is C23H26F3N7O3. The lowest BCUT2D eigenvalue weighted by Crippen LogP contribution is -2.46. The van der Waals surface area contributed by atoms with Crippen LogP contribution < -0.4 is 14.5 Å². The van der Waals surface area contributed by atoms with Crippen molar-refractivity contribution in [3.8, 4) is 6.01 Å². The Balaban J connectivity index is 1.71. The van der Waals surface area contributed by atoms with Crippen LogP contribution >= 0.6 is 0 Å². The molecule has 0 amide bonds. The van der Waals surface area contributed by atoms with E-state index in [1.807, 2.05) is 6.07 Å². The van der Waals surface area contributed by atoms with Gasteiger partial charge < -0.3 is 19.4 Å². The molecule has 0 unspecified atom stereocenters. The molecule has 13 heteroatoms. The number of ether oxygens (including phenoxy) is 1. The van der Waals surface area contributed by atoms with Gasteiger partial charge in [0, 0.05) is 51.9 Å². The van der Waals surface area contributed by atoms with E-state index in [0.717, 1.165) is 50.5 Å². The van der Waals surface area contributed by atoms with Gasteiger partial charge in [-0.25, -0.2) is 4.98 Å². The molecule has 1 saturated heterocycles. The maximum Gasteiger partial charge on any atom is 0.416 e. The van der Waals surface area contributed by atoms with Crippen LogP contribution in [0.15, 0.2) is 30.5 Å². The number of non-ortho nitro benzene ring substituents is 1. The first kappa shape index (κ1) is 25.4. The van der Waals surface area contributed by atoms with Gasteiger partial charge in [-0.2, -0.15) is 23.1 Å². The molecule has 2 aromatic heterocycles. The number of hydrogen-bond donors (Lipinski definition) is 0. The number of likely N-dealkylation sites (N-methyl/N-ethyl adjacent to an activating group) is 1. The smallest absolute Gasteiger partial charge is 0.416 e. The van der Waals surface area contributed by atoms with Crippen LogP contribution in [0, 0.1) is 10.1 Å². The maximum atomic E-state index is 13.4. The van der Waals surface area contributed by atoms with E-state index in [1.54, 1.807) is 18.1 Å².